The van der Waals surface area contributed by atoms with Crippen molar-refractivity contribution in [1.29, 1.82) is 0 Å². The molecule has 0 aromatic carbocycles. The molecule has 2 saturated heterocycles. The third-order valence-electron chi connectivity index (χ3n) is 5.74. The van der Waals surface area contributed by atoms with Gasteiger partial charge in [-0.15, -0.1) is 4.65 Å². The minimum atomic E-state index is -0.0851. The fourth-order valence-corrected chi connectivity index (χ4v) is 4.18. The smallest absolute Gasteiger partial charge is 0.277 e. The Bertz CT molecular complexity index is 807. The molecule has 5 heterocycles. The van der Waals surface area contributed by atoms with E-state index in [1.165, 1.54) is 0 Å². The summed E-state index contributed by atoms with van der Waals surface area (Å²) in [5.41, 5.74) is 0.925. The lowest BCUT2D eigenvalue weighted by atomic mass is 10.2. The van der Waals surface area contributed by atoms with Crippen LogP contribution in [0.15, 0.2) is 34.3 Å². The lowest BCUT2D eigenvalue weighted by Gasteiger charge is -2.30. The molecule has 0 bridgehead atoms. The summed E-state index contributed by atoms with van der Waals surface area (Å²) in [6.07, 6.45) is 8.62. The van der Waals surface area contributed by atoms with Gasteiger partial charge in [0.2, 0.25) is 5.95 Å². The molecule has 2 unspecified atom stereocenters. The van der Waals surface area contributed by atoms with Gasteiger partial charge in [-0.05, 0) is 19.0 Å². The summed E-state index contributed by atoms with van der Waals surface area (Å²) in [6.45, 7) is 4.02. The minimum Gasteiger partial charge on any atom is -0.350 e. The molecular weight excluding hydrogens is 344 g/mol. The second kappa shape index (κ2) is 6.66. The number of nitrogens with one attached hydrogen (secondary N) is 2. The zero-order valence-electron chi connectivity index (χ0n) is 15.3. The normalized spacial score (nSPS) is 28.9. The number of amidine groups is 1. The molecule has 2 fully saturated rings. The quantitative estimate of drug-likeness (QED) is 0.682. The van der Waals surface area contributed by atoms with Gasteiger partial charge in [0.1, 0.15) is 18.9 Å². The van der Waals surface area contributed by atoms with Crippen LogP contribution in [0, 0.1) is 0 Å². The van der Waals surface area contributed by atoms with E-state index in [2.05, 4.69) is 30.5 Å². The van der Waals surface area contributed by atoms with Crippen LogP contribution in [0.2, 0.25) is 0 Å². The lowest BCUT2D eigenvalue weighted by Crippen LogP contribution is -2.43. The number of likely N-dealkylation sites (tertiary alicyclic amines) is 1. The predicted molar refractivity (Wildman–Crippen MR) is 101 cm³/mol. The first-order chi connectivity index (χ1) is 13.2. The van der Waals surface area contributed by atoms with Crippen molar-refractivity contribution in [2.75, 3.05) is 38.0 Å². The summed E-state index contributed by atoms with van der Waals surface area (Å²) in [7, 11) is 0. The summed E-state index contributed by atoms with van der Waals surface area (Å²) in [6, 6.07) is 2.32. The van der Waals surface area contributed by atoms with Crippen molar-refractivity contribution in [1.82, 2.24) is 20.2 Å². The molecular formula is C18H25N8O+. The molecule has 0 radical (unpaired) electrons. The highest BCUT2D eigenvalue weighted by Gasteiger charge is 2.40. The van der Waals surface area contributed by atoms with Gasteiger partial charge in [-0.25, -0.2) is 15.2 Å². The second-order valence-corrected chi connectivity index (χ2v) is 7.58. The molecule has 0 saturated carbocycles. The van der Waals surface area contributed by atoms with E-state index in [4.69, 9.17) is 4.98 Å². The largest absolute Gasteiger partial charge is 0.350 e. The number of hydrogen-bond donors (Lipinski definition) is 3. The molecule has 2 atom stereocenters. The van der Waals surface area contributed by atoms with Crippen LogP contribution in [-0.4, -0.2) is 75.5 Å². The number of hydroxylamine groups is 3. The first-order valence-corrected chi connectivity index (χ1v) is 9.71. The van der Waals surface area contributed by atoms with Crippen molar-refractivity contribution in [2.24, 2.45) is 9.98 Å². The van der Waals surface area contributed by atoms with Crippen LogP contribution in [0.4, 0.5) is 5.95 Å². The Labute approximate surface area is 158 Å². The Morgan fingerprint density at radius 3 is 3.00 bits per heavy atom. The Hall–Kier alpha value is -2.36. The van der Waals surface area contributed by atoms with Gasteiger partial charge in [0.05, 0.1) is 30.7 Å². The number of hydrogen-bond acceptors (Lipinski definition) is 8. The second-order valence-electron chi connectivity index (χ2n) is 7.58. The van der Waals surface area contributed by atoms with E-state index in [1.54, 1.807) is 12.4 Å². The van der Waals surface area contributed by atoms with Crippen molar-refractivity contribution < 1.29 is 9.85 Å². The summed E-state index contributed by atoms with van der Waals surface area (Å²) < 4.78 is -0.0851. The molecule has 142 valence electrons. The van der Waals surface area contributed by atoms with Gasteiger partial charge in [0.15, 0.2) is 0 Å². The Morgan fingerprint density at radius 2 is 2.19 bits per heavy atom. The molecule has 9 heteroatoms. The maximum atomic E-state index is 10.8. The molecule has 0 aliphatic carbocycles. The molecule has 0 spiro atoms. The van der Waals surface area contributed by atoms with E-state index in [0.29, 0.717) is 37.4 Å². The average molecular weight is 369 g/mol. The van der Waals surface area contributed by atoms with Crippen LogP contribution in [0.25, 0.3) is 0 Å². The third kappa shape index (κ3) is 3.11. The lowest BCUT2D eigenvalue weighted by molar-refractivity contribution is -1.06. The highest BCUT2D eigenvalue weighted by Crippen LogP contribution is 2.32. The topological polar surface area (TPSA) is 98.0 Å². The Morgan fingerprint density at radius 1 is 1.30 bits per heavy atom. The first-order valence-electron chi connectivity index (χ1n) is 9.71. The summed E-state index contributed by atoms with van der Waals surface area (Å²) in [4.78, 5) is 20.3. The predicted octanol–water partition coefficient (Wildman–Crippen LogP) is 0.889. The van der Waals surface area contributed by atoms with Crippen LogP contribution in [0.3, 0.4) is 0 Å². The van der Waals surface area contributed by atoms with E-state index in [9.17, 15) is 5.21 Å². The molecule has 3 N–H and O–H groups in total. The van der Waals surface area contributed by atoms with E-state index in [0.717, 1.165) is 43.9 Å². The fourth-order valence-electron chi connectivity index (χ4n) is 4.18. The van der Waals surface area contributed by atoms with E-state index in [1.807, 2.05) is 12.3 Å². The number of quaternary nitrogens is 1. The molecule has 1 aromatic heterocycles. The van der Waals surface area contributed by atoms with Gasteiger partial charge < -0.3 is 15.5 Å². The van der Waals surface area contributed by atoms with Crippen molar-refractivity contribution in [3.63, 3.8) is 0 Å². The highest BCUT2D eigenvalue weighted by atomic mass is 16.5. The number of aromatic nitrogens is 2. The maximum absolute atomic E-state index is 10.8. The fraction of sp³-hybridized carbons (Fsp3) is 0.556. The van der Waals surface area contributed by atoms with E-state index >= 15 is 0 Å². The van der Waals surface area contributed by atoms with Gasteiger partial charge in [0.25, 0.3) is 5.82 Å². The van der Waals surface area contributed by atoms with Crippen LogP contribution >= 0.6 is 0 Å². The van der Waals surface area contributed by atoms with E-state index in [-0.39, 0.29) is 10.7 Å². The van der Waals surface area contributed by atoms with E-state index < -0.39 is 0 Å². The zero-order valence-corrected chi connectivity index (χ0v) is 15.3. The van der Waals surface area contributed by atoms with Crippen LogP contribution in [0.1, 0.15) is 31.0 Å². The standard InChI is InChI=1S/C18H25N8O/c27-26(7-1-2-8-26)17-12-25-15(10-21-16(25)11-22-17)14-4-6-20-18(24-14)23-13-3-5-19-9-13/h4,6,11-13,15,19,27H,1-3,5,7-10H2,(H,20,23,24)/q+1. The molecule has 4 aliphatic heterocycles. The van der Waals surface area contributed by atoms with Crippen molar-refractivity contribution in [3.05, 3.63) is 30.0 Å². The van der Waals surface area contributed by atoms with Gasteiger partial charge in [-0.2, -0.15) is 4.99 Å². The van der Waals surface area contributed by atoms with Gasteiger partial charge in [-0.3, -0.25) is 4.99 Å². The van der Waals surface area contributed by atoms with Crippen LogP contribution in [0.5, 0.6) is 0 Å². The van der Waals surface area contributed by atoms with Crippen molar-refractivity contribution >= 4 is 18.0 Å². The maximum Gasteiger partial charge on any atom is 0.277 e. The molecule has 0 amide bonds. The number of aliphatic imine (C=N–C) groups is 2. The molecule has 5 rings (SSSR count). The number of nitrogens with zero attached hydrogens (tertiary/aromatic N) is 6. The third-order valence-corrected chi connectivity index (χ3v) is 5.74. The molecule has 4 aliphatic rings. The number of fused-ring (bicyclic) bond motifs is 1. The van der Waals surface area contributed by atoms with Gasteiger partial charge >= 0.3 is 0 Å². The zero-order chi connectivity index (χ0) is 18.3. The number of anilines is 1. The van der Waals surface area contributed by atoms with Gasteiger partial charge in [-0.1, -0.05) is 0 Å². The van der Waals surface area contributed by atoms with Crippen molar-refractivity contribution in [3.8, 4) is 0 Å². The minimum absolute atomic E-state index is 0.00112. The monoisotopic (exact) mass is 369 g/mol. The molecule has 1 aromatic rings. The van der Waals surface area contributed by atoms with Crippen LogP contribution in [-0.2, 0) is 0 Å². The van der Waals surface area contributed by atoms with Gasteiger partial charge in [0, 0.05) is 31.6 Å². The summed E-state index contributed by atoms with van der Waals surface area (Å²) in [5.74, 6) is 2.17. The first kappa shape index (κ1) is 16.8. The summed E-state index contributed by atoms with van der Waals surface area (Å²) in [5, 5.41) is 17.6. The van der Waals surface area contributed by atoms with Crippen LogP contribution < -0.4 is 10.6 Å². The summed E-state index contributed by atoms with van der Waals surface area (Å²) >= 11 is 0. The average Bonchev–Trinajstić information content (AvgIpc) is 3.42. The Kier molecular flexibility index (Phi) is 4.14. The molecule has 27 heavy (non-hydrogen) atoms. The highest BCUT2D eigenvalue weighted by molar-refractivity contribution is 6.31. The molecule has 9 nitrogen and oxygen atoms in total. The number of rotatable bonds is 4. The van der Waals surface area contributed by atoms with Crippen molar-refractivity contribution in [2.45, 2.75) is 31.3 Å². The SMILES string of the molecule is O[N+]1(C2=CN3C(=NCC3c3ccnc(NC4CCNC4)n3)C=N2)CCCC1. The Balaban J connectivity index is 1.38.